The lowest BCUT2D eigenvalue weighted by Crippen LogP contribution is -2.40. The number of aromatic carboxylic acids is 1. The van der Waals surface area contributed by atoms with Gasteiger partial charge in [-0.1, -0.05) is 6.07 Å². The molecule has 0 aliphatic carbocycles. The Morgan fingerprint density at radius 3 is 2.59 bits per heavy atom. The maximum absolute atomic E-state index is 13.7. The Bertz CT molecular complexity index is 752. The van der Waals surface area contributed by atoms with Gasteiger partial charge in [-0.2, -0.15) is 5.10 Å². The Hall–Kier alpha value is -2.77. The number of aromatic nitrogens is 2. The van der Waals surface area contributed by atoms with Crippen molar-refractivity contribution in [1.82, 2.24) is 14.7 Å². The smallest absolute Gasteiger partial charge is 0.356 e. The third-order valence-corrected chi connectivity index (χ3v) is 3.50. The standard InChI is InChI=1S/C14H11F2N3O3/c15-9-2-1-3-10(16)8(9)7-18-4-5-19-12(13(18)20)6-11(17-19)14(21)22/h1-3,6H,4-5,7H2,(H,21,22). The van der Waals surface area contributed by atoms with E-state index in [4.69, 9.17) is 5.11 Å². The fourth-order valence-corrected chi connectivity index (χ4v) is 2.37. The van der Waals surface area contributed by atoms with E-state index in [1.807, 2.05) is 0 Å². The van der Waals surface area contributed by atoms with E-state index in [0.717, 1.165) is 18.2 Å². The molecule has 0 radical (unpaired) electrons. The summed E-state index contributed by atoms with van der Waals surface area (Å²) in [7, 11) is 0. The highest BCUT2D eigenvalue weighted by atomic mass is 19.1. The van der Waals surface area contributed by atoms with Gasteiger partial charge in [0.05, 0.1) is 13.1 Å². The maximum atomic E-state index is 13.7. The fourth-order valence-electron chi connectivity index (χ4n) is 2.37. The molecule has 0 spiro atoms. The molecule has 1 aliphatic rings. The highest BCUT2D eigenvalue weighted by Crippen LogP contribution is 2.19. The zero-order chi connectivity index (χ0) is 15.9. The Kier molecular flexibility index (Phi) is 3.36. The molecule has 1 N–H and O–H groups in total. The second kappa shape index (κ2) is 5.21. The summed E-state index contributed by atoms with van der Waals surface area (Å²) in [6.07, 6.45) is 0. The minimum absolute atomic E-state index is 0.0976. The highest BCUT2D eigenvalue weighted by molar-refractivity contribution is 5.96. The fraction of sp³-hybridized carbons (Fsp3) is 0.214. The van der Waals surface area contributed by atoms with Crippen LogP contribution in [0.3, 0.4) is 0 Å². The van der Waals surface area contributed by atoms with Gasteiger partial charge in [0.15, 0.2) is 5.69 Å². The molecule has 1 aromatic heterocycles. The number of fused-ring (bicyclic) bond motifs is 1. The van der Waals surface area contributed by atoms with Crippen LogP contribution >= 0.6 is 0 Å². The lowest BCUT2D eigenvalue weighted by molar-refractivity contribution is 0.0668. The molecular formula is C14H11F2N3O3. The van der Waals surface area contributed by atoms with E-state index in [1.54, 1.807) is 0 Å². The Balaban J connectivity index is 1.88. The van der Waals surface area contributed by atoms with Crippen LogP contribution in [0.25, 0.3) is 0 Å². The summed E-state index contributed by atoms with van der Waals surface area (Å²) in [4.78, 5) is 24.5. The van der Waals surface area contributed by atoms with Crippen molar-refractivity contribution in [1.29, 1.82) is 0 Å². The lowest BCUT2D eigenvalue weighted by Gasteiger charge is -2.27. The molecule has 0 saturated carbocycles. The first-order valence-corrected chi connectivity index (χ1v) is 6.50. The number of nitrogens with zero attached hydrogens (tertiary/aromatic N) is 3. The first-order valence-electron chi connectivity index (χ1n) is 6.50. The van der Waals surface area contributed by atoms with Crippen LogP contribution in [-0.2, 0) is 13.1 Å². The van der Waals surface area contributed by atoms with Gasteiger partial charge in [0.25, 0.3) is 5.91 Å². The SMILES string of the molecule is O=C(O)c1cc2n(n1)CCN(Cc1c(F)cccc1F)C2=O. The van der Waals surface area contributed by atoms with Gasteiger partial charge in [-0.3, -0.25) is 9.48 Å². The molecule has 6 nitrogen and oxygen atoms in total. The number of carbonyl (C=O) groups is 2. The number of hydrogen-bond donors (Lipinski definition) is 1. The summed E-state index contributed by atoms with van der Waals surface area (Å²) in [6, 6.07) is 4.66. The van der Waals surface area contributed by atoms with Crippen molar-refractivity contribution in [3.05, 3.63) is 52.9 Å². The number of carboxylic acid groups (broad SMARTS) is 1. The van der Waals surface area contributed by atoms with Crippen LogP contribution in [0.5, 0.6) is 0 Å². The van der Waals surface area contributed by atoms with Crippen LogP contribution in [0, 0.1) is 11.6 Å². The van der Waals surface area contributed by atoms with Gasteiger partial charge in [0, 0.05) is 18.2 Å². The van der Waals surface area contributed by atoms with Gasteiger partial charge in [-0.25, -0.2) is 13.6 Å². The number of benzene rings is 1. The number of amides is 1. The lowest BCUT2D eigenvalue weighted by atomic mass is 10.1. The summed E-state index contributed by atoms with van der Waals surface area (Å²) in [5.41, 5.74) is -0.329. The van der Waals surface area contributed by atoms with Crippen LogP contribution in [-0.4, -0.2) is 38.2 Å². The zero-order valence-electron chi connectivity index (χ0n) is 11.3. The van der Waals surface area contributed by atoms with E-state index in [-0.39, 0.29) is 36.6 Å². The van der Waals surface area contributed by atoms with Gasteiger partial charge in [0.2, 0.25) is 0 Å². The molecule has 114 valence electrons. The molecule has 2 aromatic rings. The van der Waals surface area contributed by atoms with Gasteiger partial charge in [-0.15, -0.1) is 0 Å². The predicted octanol–water partition coefficient (Wildman–Crippen LogP) is 1.52. The molecule has 1 aliphatic heterocycles. The average molecular weight is 307 g/mol. The normalized spacial score (nSPS) is 14.1. The molecule has 0 saturated heterocycles. The molecule has 0 bridgehead atoms. The molecule has 2 heterocycles. The minimum Gasteiger partial charge on any atom is -0.476 e. The molecule has 8 heteroatoms. The second-order valence-corrected chi connectivity index (χ2v) is 4.87. The van der Waals surface area contributed by atoms with E-state index in [1.165, 1.54) is 15.6 Å². The van der Waals surface area contributed by atoms with Crippen molar-refractivity contribution in [3.8, 4) is 0 Å². The average Bonchev–Trinajstić information content (AvgIpc) is 2.90. The predicted molar refractivity (Wildman–Crippen MR) is 70.3 cm³/mol. The molecule has 0 atom stereocenters. The first kappa shape index (κ1) is 14.2. The molecule has 0 fully saturated rings. The second-order valence-electron chi connectivity index (χ2n) is 4.87. The van der Waals surface area contributed by atoms with Crippen LogP contribution in [0.2, 0.25) is 0 Å². The van der Waals surface area contributed by atoms with Crippen LogP contribution in [0.15, 0.2) is 24.3 Å². The number of rotatable bonds is 3. The molecule has 1 amide bonds. The molecule has 0 unspecified atom stereocenters. The number of carboxylic acids is 1. The van der Waals surface area contributed by atoms with E-state index < -0.39 is 23.5 Å². The minimum atomic E-state index is -1.23. The third-order valence-electron chi connectivity index (χ3n) is 3.50. The van der Waals surface area contributed by atoms with Crippen LogP contribution in [0.1, 0.15) is 26.5 Å². The van der Waals surface area contributed by atoms with Crippen molar-refractivity contribution < 1.29 is 23.5 Å². The van der Waals surface area contributed by atoms with Crippen molar-refractivity contribution in [2.24, 2.45) is 0 Å². The first-order chi connectivity index (χ1) is 10.5. The van der Waals surface area contributed by atoms with Gasteiger partial charge < -0.3 is 10.0 Å². The Labute approximate surface area is 123 Å². The maximum Gasteiger partial charge on any atom is 0.356 e. The van der Waals surface area contributed by atoms with Crippen LogP contribution < -0.4 is 0 Å². The van der Waals surface area contributed by atoms with Crippen molar-refractivity contribution >= 4 is 11.9 Å². The van der Waals surface area contributed by atoms with Gasteiger partial charge in [0.1, 0.15) is 17.3 Å². The van der Waals surface area contributed by atoms with Gasteiger partial charge >= 0.3 is 5.97 Å². The molecule has 3 rings (SSSR count). The Morgan fingerprint density at radius 1 is 1.27 bits per heavy atom. The highest BCUT2D eigenvalue weighted by Gasteiger charge is 2.29. The molecule has 1 aromatic carbocycles. The van der Waals surface area contributed by atoms with Crippen molar-refractivity contribution in [3.63, 3.8) is 0 Å². The van der Waals surface area contributed by atoms with Gasteiger partial charge in [-0.05, 0) is 12.1 Å². The van der Waals surface area contributed by atoms with E-state index in [2.05, 4.69) is 5.10 Å². The van der Waals surface area contributed by atoms with E-state index in [0.29, 0.717) is 0 Å². The molecular weight excluding hydrogens is 296 g/mol. The van der Waals surface area contributed by atoms with E-state index in [9.17, 15) is 18.4 Å². The number of halogens is 2. The molecule has 22 heavy (non-hydrogen) atoms. The largest absolute Gasteiger partial charge is 0.476 e. The van der Waals surface area contributed by atoms with Crippen molar-refractivity contribution in [2.75, 3.05) is 6.54 Å². The number of carbonyl (C=O) groups excluding carboxylic acids is 1. The van der Waals surface area contributed by atoms with E-state index >= 15 is 0 Å². The summed E-state index contributed by atoms with van der Waals surface area (Å²) in [5, 5.41) is 12.7. The topological polar surface area (TPSA) is 75.4 Å². The monoisotopic (exact) mass is 307 g/mol. The Morgan fingerprint density at radius 2 is 1.95 bits per heavy atom. The zero-order valence-corrected chi connectivity index (χ0v) is 11.3. The summed E-state index contributed by atoms with van der Waals surface area (Å²) in [5.74, 6) is -3.19. The summed E-state index contributed by atoms with van der Waals surface area (Å²) >= 11 is 0. The summed E-state index contributed by atoms with van der Waals surface area (Å²) in [6.45, 7) is 0.246. The van der Waals surface area contributed by atoms with Crippen LogP contribution in [0.4, 0.5) is 8.78 Å². The van der Waals surface area contributed by atoms with Crippen molar-refractivity contribution in [2.45, 2.75) is 13.1 Å². The third kappa shape index (κ3) is 2.32. The quantitative estimate of drug-likeness (QED) is 0.933. The summed E-state index contributed by atoms with van der Waals surface area (Å²) < 4.78 is 28.6. The number of hydrogen-bond acceptors (Lipinski definition) is 3.